The van der Waals surface area contributed by atoms with Crippen LogP contribution in [0.3, 0.4) is 0 Å². The molecule has 1 aliphatic heterocycles. The predicted molar refractivity (Wildman–Crippen MR) is 111 cm³/mol. The number of hydrogen-bond donors (Lipinski definition) is 1. The molecule has 150 valence electrons. The van der Waals surface area contributed by atoms with Gasteiger partial charge >= 0.3 is 6.03 Å². The summed E-state index contributed by atoms with van der Waals surface area (Å²) in [6.07, 6.45) is 5.15. The molecule has 0 fully saturated rings. The van der Waals surface area contributed by atoms with E-state index in [1.165, 1.54) is 5.69 Å². The van der Waals surface area contributed by atoms with E-state index in [-0.39, 0.29) is 12.1 Å². The molecule has 7 nitrogen and oxygen atoms in total. The van der Waals surface area contributed by atoms with Crippen LogP contribution in [-0.4, -0.2) is 32.2 Å². The highest BCUT2D eigenvalue weighted by atomic mass is 16.5. The standard InChI is InChI=1S/C22H25N5O2/c1-16(17-8-4-3-5-9-17)29-20-11-6-12-23-21(20)25-22(28)27-13-7-10-19-18(15-27)14-24-26(19)2/h3-6,8-9,11-12,14,16H,7,10,13,15H2,1-2H3,(H,23,25,28). The average molecular weight is 391 g/mol. The first-order chi connectivity index (χ1) is 14.1. The first kappa shape index (κ1) is 19.0. The molecule has 1 aliphatic rings. The second-order valence-corrected chi connectivity index (χ2v) is 7.22. The fourth-order valence-electron chi connectivity index (χ4n) is 3.60. The van der Waals surface area contributed by atoms with Crippen LogP contribution in [0, 0.1) is 0 Å². The quantitative estimate of drug-likeness (QED) is 0.731. The molecule has 1 atom stereocenters. The van der Waals surface area contributed by atoms with Gasteiger partial charge in [0.05, 0.1) is 12.7 Å². The van der Waals surface area contributed by atoms with Crippen molar-refractivity contribution in [1.82, 2.24) is 19.7 Å². The minimum Gasteiger partial charge on any atom is -0.482 e. The number of nitrogens with zero attached hydrogens (tertiary/aromatic N) is 4. The molecule has 0 aliphatic carbocycles. The Kier molecular flexibility index (Phi) is 5.46. The van der Waals surface area contributed by atoms with Gasteiger partial charge in [-0.2, -0.15) is 5.10 Å². The third-order valence-electron chi connectivity index (χ3n) is 5.21. The van der Waals surface area contributed by atoms with Gasteiger partial charge in [-0.25, -0.2) is 9.78 Å². The maximum Gasteiger partial charge on any atom is 0.323 e. The number of aromatic nitrogens is 3. The number of anilines is 1. The van der Waals surface area contributed by atoms with Crippen molar-refractivity contribution < 1.29 is 9.53 Å². The van der Waals surface area contributed by atoms with Crippen LogP contribution in [0.1, 0.15) is 36.3 Å². The van der Waals surface area contributed by atoms with Crippen molar-refractivity contribution >= 4 is 11.8 Å². The zero-order chi connectivity index (χ0) is 20.2. The van der Waals surface area contributed by atoms with E-state index in [0.29, 0.717) is 24.7 Å². The van der Waals surface area contributed by atoms with E-state index in [9.17, 15) is 4.79 Å². The highest BCUT2D eigenvalue weighted by Gasteiger charge is 2.22. The minimum absolute atomic E-state index is 0.160. The molecule has 3 aromatic rings. The van der Waals surface area contributed by atoms with Crippen LogP contribution >= 0.6 is 0 Å². The Hall–Kier alpha value is -3.35. The number of pyridine rings is 1. The third kappa shape index (κ3) is 4.23. The van der Waals surface area contributed by atoms with Crippen LogP contribution in [0.25, 0.3) is 0 Å². The van der Waals surface area contributed by atoms with Crippen LogP contribution in [0.4, 0.5) is 10.6 Å². The van der Waals surface area contributed by atoms with Gasteiger partial charge in [0.25, 0.3) is 0 Å². The minimum atomic E-state index is -0.183. The first-order valence-electron chi connectivity index (χ1n) is 9.84. The smallest absolute Gasteiger partial charge is 0.323 e. The predicted octanol–water partition coefficient (Wildman–Crippen LogP) is 3.94. The van der Waals surface area contributed by atoms with Gasteiger partial charge in [0.2, 0.25) is 0 Å². The molecule has 0 radical (unpaired) electrons. The fraction of sp³-hybridized carbons (Fsp3) is 0.318. The van der Waals surface area contributed by atoms with Crippen molar-refractivity contribution in [2.24, 2.45) is 7.05 Å². The van der Waals surface area contributed by atoms with Crippen LogP contribution in [-0.2, 0) is 20.0 Å². The number of ether oxygens (including phenoxy) is 1. The lowest BCUT2D eigenvalue weighted by atomic mass is 10.1. The molecular formula is C22H25N5O2. The molecular weight excluding hydrogens is 366 g/mol. The van der Waals surface area contributed by atoms with Gasteiger partial charge < -0.3 is 9.64 Å². The molecule has 1 N–H and O–H groups in total. The lowest BCUT2D eigenvalue weighted by Crippen LogP contribution is -2.35. The van der Waals surface area contributed by atoms with E-state index in [1.54, 1.807) is 17.2 Å². The molecule has 0 saturated heterocycles. The number of nitrogens with one attached hydrogen (secondary N) is 1. The van der Waals surface area contributed by atoms with Gasteiger partial charge in [-0.3, -0.25) is 10.00 Å². The van der Waals surface area contributed by atoms with Crippen LogP contribution in [0.15, 0.2) is 54.9 Å². The Bertz CT molecular complexity index is 986. The summed E-state index contributed by atoms with van der Waals surface area (Å²) in [4.78, 5) is 19.1. The van der Waals surface area contributed by atoms with Gasteiger partial charge in [-0.05, 0) is 37.5 Å². The van der Waals surface area contributed by atoms with Gasteiger partial charge in [0.1, 0.15) is 6.10 Å². The maximum atomic E-state index is 12.9. The lowest BCUT2D eigenvalue weighted by molar-refractivity contribution is 0.208. The van der Waals surface area contributed by atoms with Crippen LogP contribution < -0.4 is 10.1 Å². The van der Waals surface area contributed by atoms with E-state index in [0.717, 1.165) is 24.0 Å². The fourth-order valence-corrected chi connectivity index (χ4v) is 3.60. The molecule has 0 bridgehead atoms. The van der Waals surface area contributed by atoms with Crippen LogP contribution in [0.2, 0.25) is 0 Å². The Labute approximate surface area is 170 Å². The first-order valence-corrected chi connectivity index (χ1v) is 9.84. The van der Waals surface area contributed by atoms with Crippen molar-refractivity contribution in [1.29, 1.82) is 0 Å². The van der Waals surface area contributed by atoms with Crippen molar-refractivity contribution in [3.8, 4) is 5.75 Å². The number of rotatable bonds is 4. The topological polar surface area (TPSA) is 72.3 Å². The SMILES string of the molecule is CC(Oc1cccnc1NC(=O)N1CCCc2c(cnn2C)C1)c1ccccc1. The summed E-state index contributed by atoms with van der Waals surface area (Å²) in [5.74, 6) is 0.977. The van der Waals surface area contributed by atoms with Crippen molar-refractivity contribution in [2.45, 2.75) is 32.4 Å². The molecule has 0 spiro atoms. The normalized spacial score (nSPS) is 14.6. The van der Waals surface area contributed by atoms with Crippen LogP contribution in [0.5, 0.6) is 5.75 Å². The van der Waals surface area contributed by atoms with Gasteiger partial charge in [-0.1, -0.05) is 30.3 Å². The zero-order valence-electron chi connectivity index (χ0n) is 16.7. The largest absolute Gasteiger partial charge is 0.482 e. The second kappa shape index (κ2) is 8.34. The Morgan fingerprint density at radius 2 is 2.03 bits per heavy atom. The average Bonchev–Trinajstić information content (AvgIpc) is 2.95. The highest BCUT2D eigenvalue weighted by Crippen LogP contribution is 2.28. The highest BCUT2D eigenvalue weighted by molar-refractivity contribution is 5.89. The Morgan fingerprint density at radius 1 is 1.21 bits per heavy atom. The summed E-state index contributed by atoms with van der Waals surface area (Å²) < 4.78 is 7.99. The van der Waals surface area contributed by atoms with E-state index in [2.05, 4.69) is 15.4 Å². The summed E-state index contributed by atoms with van der Waals surface area (Å²) in [6, 6.07) is 13.4. The molecule has 29 heavy (non-hydrogen) atoms. The summed E-state index contributed by atoms with van der Waals surface area (Å²) >= 11 is 0. The number of urea groups is 1. The van der Waals surface area contributed by atoms with Crippen molar-refractivity contribution in [3.63, 3.8) is 0 Å². The van der Waals surface area contributed by atoms with E-state index < -0.39 is 0 Å². The Balaban J connectivity index is 1.47. The van der Waals surface area contributed by atoms with Crippen molar-refractivity contribution in [2.75, 3.05) is 11.9 Å². The molecule has 2 aromatic heterocycles. The lowest BCUT2D eigenvalue weighted by Gasteiger charge is -2.22. The monoisotopic (exact) mass is 391 g/mol. The maximum absolute atomic E-state index is 12.9. The number of fused-ring (bicyclic) bond motifs is 1. The van der Waals surface area contributed by atoms with Gasteiger partial charge in [-0.15, -0.1) is 0 Å². The number of hydrogen-bond acceptors (Lipinski definition) is 4. The molecule has 4 rings (SSSR count). The van der Waals surface area contributed by atoms with E-state index in [1.807, 2.05) is 61.2 Å². The molecule has 1 aromatic carbocycles. The second-order valence-electron chi connectivity index (χ2n) is 7.22. The van der Waals surface area contributed by atoms with E-state index in [4.69, 9.17) is 4.74 Å². The third-order valence-corrected chi connectivity index (χ3v) is 5.21. The van der Waals surface area contributed by atoms with Gasteiger partial charge in [0, 0.05) is 31.0 Å². The number of carbonyl (C=O) groups excluding carboxylic acids is 1. The van der Waals surface area contributed by atoms with E-state index >= 15 is 0 Å². The van der Waals surface area contributed by atoms with Crippen molar-refractivity contribution in [3.05, 3.63) is 71.7 Å². The van der Waals surface area contributed by atoms with Gasteiger partial charge in [0.15, 0.2) is 11.6 Å². The molecule has 2 amide bonds. The number of benzene rings is 1. The Morgan fingerprint density at radius 3 is 2.86 bits per heavy atom. The number of aryl methyl sites for hydroxylation is 1. The molecule has 7 heteroatoms. The molecule has 1 unspecified atom stereocenters. The summed E-state index contributed by atoms with van der Waals surface area (Å²) in [6.45, 7) is 3.20. The zero-order valence-corrected chi connectivity index (χ0v) is 16.7. The number of carbonyl (C=O) groups is 1. The molecule has 0 saturated carbocycles. The summed E-state index contributed by atoms with van der Waals surface area (Å²) in [7, 11) is 1.94. The number of amides is 2. The molecule has 3 heterocycles. The summed E-state index contributed by atoms with van der Waals surface area (Å²) in [5, 5.41) is 7.25. The summed E-state index contributed by atoms with van der Waals surface area (Å²) in [5.41, 5.74) is 3.35.